The molecule has 1 aliphatic heterocycles. The minimum atomic E-state index is -3.92. The van der Waals surface area contributed by atoms with E-state index in [1.165, 1.54) is 22.5 Å². The third kappa shape index (κ3) is 2.97. The zero-order chi connectivity index (χ0) is 15.6. The van der Waals surface area contributed by atoms with Gasteiger partial charge in [-0.2, -0.15) is 4.31 Å². The largest absolute Gasteiger partial charge is 0.318 e. The van der Waals surface area contributed by atoms with Gasteiger partial charge in [0.25, 0.3) is 0 Å². The first-order valence-corrected chi connectivity index (χ1v) is 7.74. The van der Waals surface area contributed by atoms with Crippen molar-refractivity contribution in [3.8, 4) is 0 Å². The fourth-order valence-corrected chi connectivity index (χ4v) is 3.80. The summed E-state index contributed by atoms with van der Waals surface area (Å²) in [6.07, 6.45) is 0. The van der Waals surface area contributed by atoms with Crippen molar-refractivity contribution in [2.75, 3.05) is 38.7 Å². The number of para-hydroxylation sites is 1. The molecule has 0 atom stereocenters. The van der Waals surface area contributed by atoms with Crippen LogP contribution in [-0.2, 0) is 10.0 Å². The highest BCUT2D eigenvalue weighted by molar-refractivity contribution is 7.89. The average molecular weight is 315 g/mol. The van der Waals surface area contributed by atoms with E-state index in [2.05, 4.69) is 5.43 Å². The van der Waals surface area contributed by atoms with Crippen LogP contribution in [0.2, 0.25) is 0 Å². The molecule has 0 aliphatic carbocycles. The maximum Gasteiger partial charge on any atom is 0.313 e. The van der Waals surface area contributed by atoms with E-state index < -0.39 is 20.6 Å². The predicted octanol–water partition coefficient (Wildman–Crippen LogP) is -0.183. The van der Waals surface area contributed by atoms with E-state index in [0.717, 1.165) is 0 Å². The number of likely N-dealkylation sites (N-methyl/N-ethyl adjacent to an activating group) is 1. The van der Waals surface area contributed by atoms with Crippen LogP contribution in [0.15, 0.2) is 23.1 Å². The smallest absolute Gasteiger partial charge is 0.313 e. The number of nitrogens with one attached hydrogen (secondary N) is 1. The van der Waals surface area contributed by atoms with Crippen LogP contribution >= 0.6 is 0 Å². The number of piperazine rings is 1. The highest BCUT2D eigenvalue weighted by Crippen LogP contribution is 2.33. The lowest BCUT2D eigenvalue weighted by Gasteiger charge is -2.31. The normalized spacial score (nSPS) is 17.6. The Balaban J connectivity index is 2.47. The second-order valence-corrected chi connectivity index (χ2v) is 6.67. The number of nitrogens with zero attached hydrogens (tertiary/aromatic N) is 3. The molecule has 0 aromatic heterocycles. The molecule has 1 aromatic carbocycles. The van der Waals surface area contributed by atoms with Gasteiger partial charge in [-0.25, -0.2) is 8.42 Å². The zero-order valence-corrected chi connectivity index (χ0v) is 12.3. The molecule has 21 heavy (non-hydrogen) atoms. The van der Waals surface area contributed by atoms with Crippen molar-refractivity contribution in [3.05, 3.63) is 28.3 Å². The molecule has 0 amide bonds. The number of benzene rings is 1. The molecule has 0 spiro atoms. The summed E-state index contributed by atoms with van der Waals surface area (Å²) < 4.78 is 26.5. The highest BCUT2D eigenvalue weighted by atomic mass is 32.2. The van der Waals surface area contributed by atoms with Gasteiger partial charge in [0.2, 0.25) is 10.0 Å². The maximum absolute atomic E-state index is 12.6. The molecule has 0 bridgehead atoms. The Hall–Kier alpha value is -1.75. The van der Waals surface area contributed by atoms with Crippen LogP contribution in [0.4, 0.5) is 11.4 Å². The third-order valence-electron chi connectivity index (χ3n) is 3.42. The molecule has 116 valence electrons. The molecule has 0 saturated carbocycles. The van der Waals surface area contributed by atoms with Crippen LogP contribution in [-0.4, -0.2) is 55.8 Å². The number of hydrogen-bond donors (Lipinski definition) is 2. The Bertz CT molecular complexity index is 640. The summed E-state index contributed by atoms with van der Waals surface area (Å²) in [5.41, 5.74) is 1.61. The topological polar surface area (TPSA) is 122 Å². The van der Waals surface area contributed by atoms with E-state index in [9.17, 15) is 18.5 Å². The lowest BCUT2D eigenvalue weighted by molar-refractivity contribution is -0.386. The van der Waals surface area contributed by atoms with Gasteiger partial charge in [-0.15, -0.1) is 0 Å². The number of anilines is 1. The molecule has 10 heteroatoms. The number of hydrogen-bond acceptors (Lipinski definition) is 7. The van der Waals surface area contributed by atoms with Gasteiger partial charge >= 0.3 is 5.69 Å². The molecule has 1 heterocycles. The Morgan fingerprint density at radius 2 is 1.90 bits per heavy atom. The van der Waals surface area contributed by atoms with Crippen molar-refractivity contribution < 1.29 is 13.3 Å². The second kappa shape index (κ2) is 5.93. The number of sulfonamides is 1. The van der Waals surface area contributed by atoms with Crippen molar-refractivity contribution in [2.24, 2.45) is 5.84 Å². The number of nitro benzene ring substituents is 1. The molecule has 1 aromatic rings. The Kier molecular flexibility index (Phi) is 4.42. The highest BCUT2D eigenvalue weighted by Gasteiger charge is 2.34. The van der Waals surface area contributed by atoms with Gasteiger partial charge in [0.15, 0.2) is 4.90 Å². The molecule has 0 radical (unpaired) electrons. The van der Waals surface area contributed by atoms with Gasteiger partial charge in [0.05, 0.1) is 4.92 Å². The first-order valence-electron chi connectivity index (χ1n) is 6.30. The summed E-state index contributed by atoms with van der Waals surface area (Å²) >= 11 is 0. The number of rotatable bonds is 4. The number of nitrogens with two attached hydrogens (primary N) is 1. The van der Waals surface area contributed by atoms with E-state index in [1.54, 1.807) is 0 Å². The molecule has 2 rings (SSSR count). The summed E-state index contributed by atoms with van der Waals surface area (Å²) in [4.78, 5) is 12.1. The summed E-state index contributed by atoms with van der Waals surface area (Å²) in [5.74, 6) is 5.23. The van der Waals surface area contributed by atoms with Crippen molar-refractivity contribution in [1.82, 2.24) is 9.21 Å². The van der Waals surface area contributed by atoms with Gasteiger partial charge in [0, 0.05) is 26.2 Å². The molecular formula is C11H17N5O4S. The van der Waals surface area contributed by atoms with Crippen LogP contribution in [0.5, 0.6) is 0 Å². The fourth-order valence-electron chi connectivity index (χ4n) is 2.20. The molecular weight excluding hydrogens is 298 g/mol. The molecule has 1 fully saturated rings. The van der Waals surface area contributed by atoms with Gasteiger partial charge < -0.3 is 10.3 Å². The summed E-state index contributed by atoms with van der Waals surface area (Å²) in [5, 5.41) is 11.2. The van der Waals surface area contributed by atoms with Gasteiger partial charge in [-0.05, 0) is 19.2 Å². The molecule has 9 nitrogen and oxygen atoms in total. The van der Waals surface area contributed by atoms with Crippen molar-refractivity contribution in [1.29, 1.82) is 0 Å². The van der Waals surface area contributed by atoms with Crippen LogP contribution in [0.25, 0.3) is 0 Å². The minimum absolute atomic E-state index is 0.0322. The second-order valence-electron chi connectivity index (χ2n) is 4.76. The first kappa shape index (κ1) is 15.6. The van der Waals surface area contributed by atoms with Crippen molar-refractivity contribution in [3.63, 3.8) is 0 Å². The lowest BCUT2D eigenvalue weighted by atomic mass is 10.3. The molecule has 3 N–H and O–H groups in total. The van der Waals surface area contributed by atoms with E-state index in [-0.39, 0.29) is 10.6 Å². The van der Waals surface area contributed by atoms with Crippen molar-refractivity contribution >= 4 is 21.4 Å². The first-order chi connectivity index (χ1) is 9.87. The van der Waals surface area contributed by atoms with Crippen LogP contribution in [0, 0.1) is 10.1 Å². The van der Waals surface area contributed by atoms with Gasteiger partial charge in [0.1, 0.15) is 5.69 Å². The Morgan fingerprint density at radius 1 is 1.29 bits per heavy atom. The standard InChI is InChI=1S/C11H17N5O4S/c1-14-5-7-15(8-6-14)21(19,20)10-4-2-3-9(13-12)11(10)16(17)18/h2-4,13H,5-8,12H2,1H3. The predicted molar refractivity (Wildman–Crippen MR) is 77.2 cm³/mol. The fraction of sp³-hybridized carbons (Fsp3) is 0.455. The third-order valence-corrected chi connectivity index (χ3v) is 5.35. The number of nitro groups is 1. The minimum Gasteiger partial charge on any atom is -0.318 e. The number of nitrogen functional groups attached to an aromatic ring is 1. The summed E-state index contributed by atoms with van der Waals surface area (Å²) in [6, 6.07) is 4.01. The van der Waals surface area contributed by atoms with E-state index in [1.807, 2.05) is 11.9 Å². The molecule has 0 unspecified atom stereocenters. The van der Waals surface area contributed by atoms with E-state index in [4.69, 9.17) is 5.84 Å². The summed E-state index contributed by atoms with van der Waals surface area (Å²) in [7, 11) is -2.03. The van der Waals surface area contributed by atoms with Crippen LogP contribution in [0.1, 0.15) is 0 Å². The van der Waals surface area contributed by atoms with E-state index in [0.29, 0.717) is 26.2 Å². The SMILES string of the molecule is CN1CCN(S(=O)(=O)c2cccc(NN)c2[N+](=O)[O-])CC1. The molecule has 1 aliphatic rings. The average Bonchev–Trinajstić information content (AvgIpc) is 2.46. The van der Waals surface area contributed by atoms with Gasteiger partial charge in [-0.3, -0.25) is 16.0 Å². The van der Waals surface area contributed by atoms with Crippen molar-refractivity contribution in [2.45, 2.75) is 4.90 Å². The number of hydrazine groups is 1. The van der Waals surface area contributed by atoms with Crippen LogP contribution < -0.4 is 11.3 Å². The maximum atomic E-state index is 12.6. The Morgan fingerprint density at radius 3 is 2.43 bits per heavy atom. The Labute approximate surface area is 122 Å². The van der Waals surface area contributed by atoms with Gasteiger partial charge in [-0.1, -0.05) is 6.07 Å². The lowest BCUT2D eigenvalue weighted by Crippen LogP contribution is -2.47. The van der Waals surface area contributed by atoms with E-state index >= 15 is 0 Å². The van der Waals surface area contributed by atoms with Crippen LogP contribution in [0.3, 0.4) is 0 Å². The quantitative estimate of drug-likeness (QED) is 0.449. The monoisotopic (exact) mass is 315 g/mol. The summed E-state index contributed by atoms with van der Waals surface area (Å²) in [6.45, 7) is 1.77. The molecule has 1 saturated heterocycles. The zero-order valence-electron chi connectivity index (χ0n) is 11.5.